The Kier molecular flexibility index (Phi) is 1.56. The van der Waals surface area contributed by atoms with Gasteiger partial charge in [-0.2, -0.15) is 0 Å². The van der Waals surface area contributed by atoms with Crippen LogP contribution in [-0.2, 0) is 0 Å². The highest BCUT2D eigenvalue weighted by Gasteiger charge is 2.44. The van der Waals surface area contributed by atoms with Gasteiger partial charge in [0.15, 0.2) is 0 Å². The van der Waals surface area contributed by atoms with Crippen LogP contribution >= 0.6 is 0 Å². The van der Waals surface area contributed by atoms with Crippen LogP contribution in [0.25, 0.3) is 0 Å². The van der Waals surface area contributed by atoms with E-state index in [1.54, 1.807) is 0 Å². The van der Waals surface area contributed by atoms with Gasteiger partial charge in [-0.15, -0.1) is 0 Å². The Balaban J connectivity index is 2.20. The van der Waals surface area contributed by atoms with Crippen molar-refractivity contribution in [3.05, 3.63) is 0 Å². The molecule has 3 aliphatic carbocycles. The predicted molar refractivity (Wildman–Crippen MR) is 48.4 cm³/mol. The van der Waals surface area contributed by atoms with Gasteiger partial charge in [-0.1, -0.05) is 27.2 Å². The first-order valence-corrected chi connectivity index (χ1v) is 5.09. The van der Waals surface area contributed by atoms with E-state index in [0.29, 0.717) is 5.41 Å². The smallest absolute Gasteiger partial charge is 0.0321 e. The molecule has 0 radical (unpaired) electrons. The van der Waals surface area contributed by atoms with E-state index in [4.69, 9.17) is 0 Å². The van der Waals surface area contributed by atoms with Gasteiger partial charge in [0.2, 0.25) is 0 Å². The number of hydrogen-bond donors (Lipinski definition) is 0. The van der Waals surface area contributed by atoms with Crippen molar-refractivity contribution in [3.8, 4) is 0 Å². The molecular formula is C11H20. The van der Waals surface area contributed by atoms with Gasteiger partial charge >= 0.3 is 0 Å². The van der Waals surface area contributed by atoms with Gasteiger partial charge in [0, 0.05) is 0 Å². The second-order valence-corrected chi connectivity index (χ2v) is 5.46. The Morgan fingerprint density at radius 2 is 1.91 bits per heavy atom. The molecule has 3 atom stereocenters. The summed E-state index contributed by atoms with van der Waals surface area (Å²) in [5.74, 6) is 3.12. The van der Waals surface area contributed by atoms with Gasteiger partial charge in [-0.25, -0.2) is 0 Å². The highest BCUT2D eigenvalue weighted by molar-refractivity contribution is 4.94. The second-order valence-electron chi connectivity index (χ2n) is 5.46. The first kappa shape index (κ1) is 7.64. The summed E-state index contributed by atoms with van der Waals surface area (Å²) in [4.78, 5) is 0. The van der Waals surface area contributed by atoms with Crippen molar-refractivity contribution in [1.82, 2.24) is 0 Å². The lowest BCUT2D eigenvalue weighted by molar-refractivity contribution is -0.0132. The van der Waals surface area contributed by atoms with Crippen LogP contribution in [0.15, 0.2) is 0 Å². The van der Waals surface area contributed by atoms with Gasteiger partial charge in [0.1, 0.15) is 0 Å². The van der Waals surface area contributed by atoms with Gasteiger partial charge in [0.25, 0.3) is 0 Å². The van der Waals surface area contributed by atoms with Crippen LogP contribution in [0.1, 0.15) is 46.5 Å². The summed E-state index contributed by atoms with van der Waals surface area (Å²) >= 11 is 0. The topological polar surface area (TPSA) is 0 Å². The molecule has 0 nitrogen and oxygen atoms in total. The summed E-state index contributed by atoms with van der Waals surface area (Å²) in [5.41, 5.74) is 0.667. The molecule has 0 heteroatoms. The lowest BCUT2D eigenvalue weighted by Crippen LogP contribution is -2.42. The maximum atomic E-state index is 2.47. The fraction of sp³-hybridized carbons (Fsp3) is 1.00. The number of fused-ring (bicyclic) bond motifs is 3. The fourth-order valence-corrected chi connectivity index (χ4v) is 3.75. The Hall–Kier alpha value is 0. The average molecular weight is 152 g/mol. The molecule has 3 rings (SSSR count). The Morgan fingerprint density at radius 3 is 2.27 bits per heavy atom. The molecule has 0 aromatic heterocycles. The van der Waals surface area contributed by atoms with Crippen LogP contribution in [0.2, 0.25) is 0 Å². The van der Waals surface area contributed by atoms with E-state index in [1.807, 2.05) is 0 Å². The van der Waals surface area contributed by atoms with E-state index >= 15 is 0 Å². The minimum absolute atomic E-state index is 0.667. The van der Waals surface area contributed by atoms with Crippen molar-refractivity contribution in [2.45, 2.75) is 46.5 Å². The molecule has 0 saturated heterocycles. The van der Waals surface area contributed by atoms with Crippen molar-refractivity contribution in [2.75, 3.05) is 0 Å². The van der Waals surface area contributed by atoms with Crippen molar-refractivity contribution < 1.29 is 0 Å². The molecule has 0 aromatic rings. The van der Waals surface area contributed by atoms with Crippen LogP contribution in [0.5, 0.6) is 0 Å². The van der Waals surface area contributed by atoms with Crippen molar-refractivity contribution in [2.24, 2.45) is 23.2 Å². The zero-order chi connectivity index (χ0) is 8.06. The highest BCUT2D eigenvalue weighted by Crippen LogP contribution is 2.54. The second kappa shape index (κ2) is 2.24. The minimum atomic E-state index is 0.667. The maximum Gasteiger partial charge on any atom is -0.0321 e. The van der Waals surface area contributed by atoms with E-state index in [0.717, 1.165) is 17.8 Å². The lowest BCUT2D eigenvalue weighted by Gasteiger charge is -2.51. The molecule has 64 valence electrons. The summed E-state index contributed by atoms with van der Waals surface area (Å²) in [7, 11) is 0. The summed E-state index contributed by atoms with van der Waals surface area (Å²) in [6.45, 7) is 7.40. The molecule has 3 fully saturated rings. The van der Waals surface area contributed by atoms with Crippen LogP contribution in [0.4, 0.5) is 0 Å². The minimum Gasteiger partial charge on any atom is -0.0622 e. The van der Waals surface area contributed by atoms with E-state index in [9.17, 15) is 0 Å². The SMILES string of the molecule is CC1CC2CCC1C(C)(C)C2. The largest absolute Gasteiger partial charge is 0.0622 e. The van der Waals surface area contributed by atoms with Gasteiger partial charge in [-0.05, 0) is 42.4 Å². The van der Waals surface area contributed by atoms with Gasteiger partial charge in [-0.3, -0.25) is 0 Å². The number of hydrogen-bond acceptors (Lipinski definition) is 0. The molecule has 0 amide bonds. The Bertz CT molecular complexity index is 157. The van der Waals surface area contributed by atoms with E-state index in [1.165, 1.54) is 25.7 Å². The molecule has 0 aromatic carbocycles. The number of rotatable bonds is 0. The van der Waals surface area contributed by atoms with Crippen LogP contribution < -0.4 is 0 Å². The monoisotopic (exact) mass is 152 g/mol. The molecule has 3 aliphatic rings. The van der Waals surface area contributed by atoms with Crippen molar-refractivity contribution in [3.63, 3.8) is 0 Å². The van der Waals surface area contributed by atoms with Crippen LogP contribution in [-0.4, -0.2) is 0 Å². The molecule has 3 saturated carbocycles. The molecule has 2 bridgehead atoms. The summed E-state index contributed by atoms with van der Waals surface area (Å²) < 4.78 is 0. The zero-order valence-electron chi connectivity index (χ0n) is 8.06. The van der Waals surface area contributed by atoms with Crippen LogP contribution in [0.3, 0.4) is 0 Å². The lowest BCUT2D eigenvalue weighted by atomic mass is 9.54. The van der Waals surface area contributed by atoms with E-state index in [2.05, 4.69) is 20.8 Å². The highest BCUT2D eigenvalue weighted by atomic mass is 14.5. The molecule has 11 heavy (non-hydrogen) atoms. The summed E-state index contributed by atoms with van der Waals surface area (Å²) in [5, 5.41) is 0. The maximum absolute atomic E-state index is 2.47. The molecule has 3 unspecified atom stereocenters. The predicted octanol–water partition coefficient (Wildman–Crippen LogP) is 3.47. The molecule has 0 spiro atoms. The third kappa shape index (κ3) is 1.11. The van der Waals surface area contributed by atoms with Crippen LogP contribution in [0, 0.1) is 23.2 Å². The molecule has 0 heterocycles. The van der Waals surface area contributed by atoms with Crippen molar-refractivity contribution in [1.29, 1.82) is 0 Å². The van der Waals surface area contributed by atoms with E-state index in [-0.39, 0.29) is 0 Å². The fourth-order valence-electron chi connectivity index (χ4n) is 3.75. The first-order valence-electron chi connectivity index (χ1n) is 5.09. The van der Waals surface area contributed by atoms with Gasteiger partial charge in [0.05, 0.1) is 0 Å². The quantitative estimate of drug-likeness (QED) is 0.498. The van der Waals surface area contributed by atoms with Crippen molar-refractivity contribution >= 4 is 0 Å². The normalized spacial score (nSPS) is 47.7. The standard InChI is InChI=1S/C11H20/c1-8-6-9-4-5-10(8)11(2,3)7-9/h8-10H,4-7H2,1-3H3. The summed E-state index contributed by atoms with van der Waals surface area (Å²) in [6.07, 6.45) is 6.06. The zero-order valence-corrected chi connectivity index (χ0v) is 8.06. The summed E-state index contributed by atoms with van der Waals surface area (Å²) in [6, 6.07) is 0. The Labute approximate surface area is 70.4 Å². The third-order valence-electron chi connectivity index (χ3n) is 4.10. The van der Waals surface area contributed by atoms with Gasteiger partial charge < -0.3 is 0 Å². The molecular weight excluding hydrogens is 132 g/mol. The molecule has 0 aliphatic heterocycles. The van der Waals surface area contributed by atoms with E-state index < -0.39 is 0 Å². The first-order chi connectivity index (χ1) is 5.09. The Morgan fingerprint density at radius 1 is 1.18 bits per heavy atom. The third-order valence-corrected chi connectivity index (χ3v) is 4.10. The average Bonchev–Trinajstić information content (AvgIpc) is 1.83. The molecule has 0 N–H and O–H groups in total.